The molecule has 0 aromatic heterocycles. The lowest BCUT2D eigenvalue weighted by atomic mass is 10.1. The summed E-state index contributed by atoms with van der Waals surface area (Å²) in [5, 5.41) is 0. The molecule has 0 aliphatic carbocycles. The molecule has 0 fully saturated rings. The Labute approximate surface area is 154 Å². The molecule has 1 aliphatic heterocycles. The molecule has 0 saturated heterocycles. The van der Waals surface area contributed by atoms with Crippen LogP contribution in [-0.2, 0) is 30.0 Å². The minimum absolute atomic E-state index is 0.153. The van der Waals surface area contributed by atoms with Gasteiger partial charge in [-0.25, -0.2) is 0 Å². The van der Waals surface area contributed by atoms with E-state index in [1.165, 1.54) is 32.1 Å². The number of carbonyl (C=O) groups excluding carboxylic acids is 2. The maximum Gasteiger partial charge on any atom is 0.416 e. The van der Waals surface area contributed by atoms with E-state index in [0.29, 0.717) is 0 Å². The second-order valence-electron chi connectivity index (χ2n) is 5.70. The number of benzene rings is 1. The Balaban J connectivity index is 2.14. The first kappa shape index (κ1) is 20.5. The minimum atomic E-state index is -4.45. The predicted octanol–water partition coefficient (Wildman–Crippen LogP) is 2.88. The SMILES string of the molecule is CC(=O)OC[C@H]1O[C@H](C#Cc2cccc(C(F)(F)F)c2)C=C[C@@H]1OC(C)=O. The lowest BCUT2D eigenvalue weighted by Gasteiger charge is -2.29. The van der Waals surface area contributed by atoms with Crippen LogP contribution >= 0.6 is 0 Å². The van der Waals surface area contributed by atoms with Crippen LogP contribution in [0, 0.1) is 11.8 Å². The topological polar surface area (TPSA) is 61.8 Å². The van der Waals surface area contributed by atoms with Crippen LogP contribution in [-0.4, -0.2) is 36.9 Å². The number of hydrogen-bond donors (Lipinski definition) is 0. The van der Waals surface area contributed by atoms with Crippen molar-refractivity contribution in [2.45, 2.75) is 38.3 Å². The second-order valence-corrected chi connectivity index (χ2v) is 5.70. The van der Waals surface area contributed by atoms with E-state index in [4.69, 9.17) is 14.2 Å². The van der Waals surface area contributed by atoms with Gasteiger partial charge in [-0.2, -0.15) is 13.2 Å². The first-order valence-corrected chi connectivity index (χ1v) is 7.98. The summed E-state index contributed by atoms with van der Waals surface area (Å²) in [5.74, 6) is 4.27. The molecule has 1 aliphatic rings. The van der Waals surface area contributed by atoms with Crippen LogP contribution in [0.5, 0.6) is 0 Å². The highest BCUT2D eigenvalue weighted by Crippen LogP contribution is 2.29. The van der Waals surface area contributed by atoms with Crippen LogP contribution in [0.25, 0.3) is 0 Å². The van der Waals surface area contributed by atoms with Gasteiger partial charge in [0.2, 0.25) is 0 Å². The first-order chi connectivity index (χ1) is 12.6. The zero-order chi connectivity index (χ0) is 20.0. The Morgan fingerprint density at radius 3 is 2.56 bits per heavy atom. The molecule has 0 bridgehead atoms. The van der Waals surface area contributed by atoms with Gasteiger partial charge in [-0.3, -0.25) is 9.59 Å². The number of esters is 2. The molecule has 0 saturated carbocycles. The van der Waals surface area contributed by atoms with Gasteiger partial charge in [0.05, 0.1) is 5.56 Å². The van der Waals surface area contributed by atoms with Crippen LogP contribution in [0.3, 0.4) is 0 Å². The van der Waals surface area contributed by atoms with Crippen molar-refractivity contribution in [1.82, 2.24) is 0 Å². The molecule has 27 heavy (non-hydrogen) atoms. The number of halogens is 3. The highest BCUT2D eigenvalue weighted by molar-refractivity contribution is 5.67. The van der Waals surface area contributed by atoms with E-state index in [-0.39, 0.29) is 12.2 Å². The number of rotatable bonds is 3. The Kier molecular flexibility index (Phi) is 6.64. The van der Waals surface area contributed by atoms with Crippen molar-refractivity contribution >= 4 is 11.9 Å². The van der Waals surface area contributed by atoms with Crippen molar-refractivity contribution in [3.8, 4) is 11.8 Å². The van der Waals surface area contributed by atoms with Crippen LogP contribution < -0.4 is 0 Å². The third-order valence-corrected chi connectivity index (χ3v) is 3.46. The van der Waals surface area contributed by atoms with Crippen LogP contribution in [0.4, 0.5) is 13.2 Å². The van der Waals surface area contributed by atoms with E-state index >= 15 is 0 Å². The molecule has 0 unspecified atom stereocenters. The molecule has 5 nitrogen and oxygen atoms in total. The van der Waals surface area contributed by atoms with Gasteiger partial charge in [0.25, 0.3) is 0 Å². The van der Waals surface area contributed by atoms with E-state index in [0.717, 1.165) is 12.1 Å². The number of ether oxygens (including phenoxy) is 3. The molecule has 1 aromatic rings. The third-order valence-electron chi connectivity index (χ3n) is 3.46. The Morgan fingerprint density at radius 2 is 1.93 bits per heavy atom. The minimum Gasteiger partial charge on any atom is -0.463 e. The van der Waals surface area contributed by atoms with Gasteiger partial charge in [0.1, 0.15) is 24.9 Å². The highest BCUT2D eigenvalue weighted by atomic mass is 19.4. The molecule has 2 rings (SSSR count). The molecule has 144 valence electrons. The van der Waals surface area contributed by atoms with Gasteiger partial charge in [-0.15, -0.1) is 0 Å². The zero-order valence-electron chi connectivity index (χ0n) is 14.6. The van der Waals surface area contributed by atoms with Crippen molar-refractivity contribution in [2.24, 2.45) is 0 Å². The predicted molar refractivity (Wildman–Crippen MR) is 88.3 cm³/mol. The van der Waals surface area contributed by atoms with Crippen LogP contribution in [0.2, 0.25) is 0 Å². The van der Waals surface area contributed by atoms with E-state index < -0.39 is 42.0 Å². The molecule has 3 atom stereocenters. The van der Waals surface area contributed by atoms with E-state index in [1.807, 2.05) is 0 Å². The molecular weight excluding hydrogens is 365 g/mol. The summed E-state index contributed by atoms with van der Waals surface area (Å²) in [6.45, 7) is 2.31. The summed E-state index contributed by atoms with van der Waals surface area (Å²) in [5.41, 5.74) is -0.613. The van der Waals surface area contributed by atoms with Gasteiger partial charge in [-0.1, -0.05) is 17.9 Å². The molecule has 1 heterocycles. The average molecular weight is 382 g/mol. The Bertz CT molecular complexity index is 789. The van der Waals surface area contributed by atoms with E-state index in [2.05, 4.69) is 11.8 Å². The largest absolute Gasteiger partial charge is 0.463 e. The Morgan fingerprint density at radius 1 is 1.19 bits per heavy atom. The molecule has 1 aromatic carbocycles. The van der Waals surface area contributed by atoms with E-state index in [1.54, 1.807) is 6.08 Å². The third kappa shape index (κ3) is 6.46. The molecular formula is C19H17F3O5. The monoisotopic (exact) mass is 382 g/mol. The molecule has 0 N–H and O–H groups in total. The summed E-state index contributed by atoms with van der Waals surface area (Å²) in [4.78, 5) is 22.2. The maximum atomic E-state index is 12.7. The summed E-state index contributed by atoms with van der Waals surface area (Å²) in [6.07, 6.45) is -3.67. The Hall–Kier alpha value is -2.79. The fraction of sp³-hybridized carbons (Fsp3) is 0.368. The van der Waals surface area contributed by atoms with Gasteiger partial charge in [-0.05, 0) is 30.4 Å². The lowest BCUT2D eigenvalue weighted by Crippen LogP contribution is -2.41. The zero-order valence-corrected chi connectivity index (χ0v) is 14.6. The lowest BCUT2D eigenvalue weighted by molar-refractivity contribution is -0.161. The van der Waals surface area contributed by atoms with Crippen LogP contribution in [0.1, 0.15) is 25.0 Å². The number of alkyl halides is 3. The van der Waals surface area contributed by atoms with Gasteiger partial charge in [0, 0.05) is 19.4 Å². The standard InChI is InChI=1S/C19H17F3O5/c1-12(23)25-11-18-17(26-13(2)24)9-8-16(27-18)7-6-14-4-3-5-15(10-14)19(20,21)22/h3-5,8-10,16-18H,11H2,1-2H3/t16-,17+,18-/m1/s1. The molecule has 0 amide bonds. The molecule has 0 spiro atoms. The number of carbonyl (C=O) groups is 2. The van der Waals surface area contributed by atoms with Crippen molar-refractivity contribution in [3.05, 3.63) is 47.5 Å². The maximum absolute atomic E-state index is 12.7. The van der Waals surface area contributed by atoms with Crippen molar-refractivity contribution in [1.29, 1.82) is 0 Å². The van der Waals surface area contributed by atoms with Crippen molar-refractivity contribution in [3.63, 3.8) is 0 Å². The fourth-order valence-electron chi connectivity index (χ4n) is 2.30. The summed E-state index contributed by atoms with van der Waals surface area (Å²) in [7, 11) is 0. The summed E-state index contributed by atoms with van der Waals surface area (Å²) >= 11 is 0. The van der Waals surface area contributed by atoms with Gasteiger partial charge in [0.15, 0.2) is 0 Å². The quantitative estimate of drug-likeness (QED) is 0.457. The summed E-state index contributed by atoms with van der Waals surface area (Å²) in [6, 6.07) is 4.62. The van der Waals surface area contributed by atoms with Gasteiger partial charge < -0.3 is 14.2 Å². The second kappa shape index (κ2) is 8.73. The fourth-order valence-corrected chi connectivity index (χ4v) is 2.30. The molecule has 0 radical (unpaired) electrons. The first-order valence-electron chi connectivity index (χ1n) is 7.98. The van der Waals surface area contributed by atoms with E-state index in [9.17, 15) is 22.8 Å². The highest BCUT2D eigenvalue weighted by Gasteiger charge is 2.31. The van der Waals surface area contributed by atoms with Crippen molar-refractivity contribution in [2.75, 3.05) is 6.61 Å². The average Bonchev–Trinajstić information content (AvgIpc) is 2.58. The normalized spacial score (nSPS) is 21.7. The van der Waals surface area contributed by atoms with Crippen molar-refractivity contribution < 1.29 is 37.0 Å². The summed E-state index contributed by atoms with van der Waals surface area (Å²) < 4.78 is 53.8. The smallest absolute Gasteiger partial charge is 0.416 e. The van der Waals surface area contributed by atoms with Gasteiger partial charge >= 0.3 is 18.1 Å². The number of hydrogen-bond acceptors (Lipinski definition) is 5. The molecule has 8 heteroatoms. The van der Waals surface area contributed by atoms with Crippen LogP contribution in [0.15, 0.2) is 36.4 Å².